The first-order valence-corrected chi connectivity index (χ1v) is 9.31. The van der Waals surface area contributed by atoms with E-state index in [2.05, 4.69) is 26.7 Å². The number of benzene rings is 1. The Morgan fingerprint density at radius 3 is 2.73 bits per heavy atom. The van der Waals surface area contributed by atoms with Gasteiger partial charge in [-0.3, -0.25) is 14.4 Å². The Kier molecular flexibility index (Phi) is 5.48. The van der Waals surface area contributed by atoms with Crippen molar-refractivity contribution in [3.05, 3.63) is 55.9 Å². The maximum atomic E-state index is 12.6. The maximum Gasteiger partial charge on any atom is 0.278 e. The van der Waals surface area contributed by atoms with E-state index in [0.717, 1.165) is 28.6 Å². The number of aromatic nitrogens is 1. The molecule has 1 aliphatic rings. The number of anilines is 2. The van der Waals surface area contributed by atoms with Gasteiger partial charge in [0.15, 0.2) is 0 Å². The number of hydrogen-bond donors (Lipinski definition) is 2. The second-order valence-corrected chi connectivity index (χ2v) is 7.64. The highest BCUT2D eigenvalue weighted by Crippen LogP contribution is 2.29. The van der Waals surface area contributed by atoms with E-state index in [-0.39, 0.29) is 11.5 Å². The molecule has 1 aliphatic carbocycles. The molecule has 138 valence electrons. The fourth-order valence-electron chi connectivity index (χ4n) is 2.69. The number of nitrogens with one attached hydrogen (secondary N) is 2. The minimum absolute atomic E-state index is 0.155. The summed E-state index contributed by atoms with van der Waals surface area (Å²) < 4.78 is 2.37. The van der Waals surface area contributed by atoms with Crippen LogP contribution in [0.25, 0.3) is 0 Å². The number of carbonyl (C=O) groups excluding carboxylic acids is 1. The number of hydrogen-bond acceptors (Lipinski definition) is 4. The molecule has 1 saturated carbocycles. The van der Waals surface area contributed by atoms with Crippen LogP contribution < -0.4 is 16.4 Å². The number of aryl methyl sites for hydroxylation is 2. The predicted molar refractivity (Wildman–Crippen MR) is 105 cm³/mol. The van der Waals surface area contributed by atoms with Crippen LogP contribution in [0.15, 0.2) is 33.7 Å². The monoisotopic (exact) mass is 419 g/mol. The van der Waals surface area contributed by atoms with E-state index < -0.39 is 0 Å². The van der Waals surface area contributed by atoms with Crippen LogP contribution in [0.5, 0.6) is 0 Å². The largest absolute Gasteiger partial charge is 0.354 e. The minimum atomic E-state index is -0.374. The summed E-state index contributed by atoms with van der Waals surface area (Å²) in [5, 5.41) is 3.25. The third kappa shape index (κ3) is 4.16. The zero-order chi connectivity index (χ0) is 18.8. The quantitative estimate of drug-likeness (QED) is 0.701. The molecule has 0 bridgehead atoms. The fraction of sp³-hybridized carbons (Fsp3) is 0.368. The first kappa shape index (κ1) is 18.7. The van der Waals surface area contributed by atoms with Gasteiger partial charge in [-0.1, -0.05) is 15.9 Å². The summed E-state index contributed by atoms with van der Waals surface area (Å²) in [6, 6.07) is 5.78. The normalized spacial score (nSPS) is 13.5. The third-order valence-corrected chi connectivity index (χ3v) is 4.98. The number of rotatable bonds is 6. The lowest BCUT2D eigenvalue weighted by atomic mass is 10.1. The average Bonchev–Trinajstić information content (AvgIpc) is 3.41. The van der Waals surface area contributed by atoms with E-state index in [1.807, 2.05) is 25.1 Å². The molecule has 2 N–H and O–H groups in total. The van der Waals surface area contributed by atoms with Crippen LogP contribution in [-0.2, 0) is 11.9 Å². The summed E-state index contributed by atoms with van der Waals surface area (Å²) in [5.41, 5.74) is 5.50. The van der Waals surface area contributed by atoms with Crippen LogP contribution in [-0.4, -0.2) is 17.1 Å². The molecule has 0 saturated heterocycles. The highest BCUT2D eigenvalue weighted by molar-refractivity contribution is 9.10. The summed E-state index contributed by atoms with van der Waals surface area (Å²) in [5.74, 6) is 0.168. The zero-order valence-electron chi connectivity index (χ0n) is 15.1. The predicted octanol–water partition coefficient (Wildman–Crippen LogP) is 3.58. The van der Waals surface area contributed by atoms with Gasteiger partial charge in [0.05, 0.1) is 17.9 Å². The van der Waals surface area contributed by atoms with Gasteiger partial charge in [0.2, 0.25) is 0 Å². The maximum absolute atomic E-state index is 12.6. The Labute approximate surface area is 160 Å². The molecule has 2 aromatic rings. The molecular formula is C19H22BrN3O3. The number of amides is 1. The summed E-state index contributed by atoms with van der Waals surface area (Å²) in [4.78, 5) is 30.3. The van der Waals surface area contributed by atoms with E-state index in [4.69, 9.17) is 4.84 Å². The molecule has 3 rings (SSSR count). The third-order valence-electron chi connectivity index (χ3n) is 4.48. The van der Waals surface area contributed by atoms with Gasteiger partial charge in [0.1, 0.15) is 0 Å². The molecule has 0 radical (unpaired) electrons. The highest BCUT2D eigenvalue weighted by atomic mass is 79.9. The van der Waals surface area contributed by atoms with Crippen molar-refractivity contribution < 1.29 is 9.63 Å². The SMILES string of the molecule is Cc1cc(Br)ccc1Nc1c(C(=O)NOCC2CC2)cn(C)c(=O)c1C. The molecule has 0 atom stereocenters. The van der Waals surface area contributed by atoms with Crippen molar-refractivity contribution in [3.8, 4) is 0 Å². The Morgan fingerprint density at radius 1 is 1.35 bits per heavy atom. The van der Waals surface area contributed by atoms with E-state index >= 15 is 0 Å². The van der Waals surface area contributed by atoms with Crippen molar-refractivity contribution in [1.29, 1.82) is 0 Å². The Bertz CT molecular complexity index is 904. The Hall–Kier alpha value is -2.12. The van der Waals surface area contributed by atoms with Crippen molar-refractivity contribution in [2.75, 3.05) is 11.9 Å². The summed E-state index contributed by atoms with van der Waals surface area (Å²) in [6.07, 6.45) is 3.82. The first-order chi connectivity index (χ1) is 12.4. The zero-order valence-corrected chi connectivity index (χ0v) is 16.6. The van der Waals surface area contributed by atoms with E-state index in [0.29, 0.717) is 29.3 Å². The molecule has 6 nitrogen and oxygen atoms in total. The van der Waals surface area contributed by atoms with E-state index in [1.54, 1.807) is 14.0 Å². The van der Waals surface area contributed by atoms with Crippen LogP contribution in [0.3, 0.4) is 0 Å². The second kappa shape index (κ2) is 7.63. The molecule has 1 aromatic heterocycles. The topological polar surface area (TPSA) is 72.4 Å². The van der Waals surface area contributed by atoms with Crippen molar-refractivity contribution in [2.24, 2.45) is 13.0 Å². The number of carbonyl (C=O) groups is 1. The summed E-state index contributed by atoms with van der Waals surface area (Å²) in [6.45, 7) is 4.19. The van der Waals surface area contributed by atoms with Gasteiger partial charge in [-0.15, -0.1) is 0 Å². The van der Waals surface area contributed by atoms with E-state index in [9.17, 15) is 9.59 Å². The highest BCUT2D eigenvalue weighted by Gasteiger charge is 2.23. The molecule has 0 aliphatic heterocycles. The van der Waals surface area contributed by atoms with Crippen molar-refractivity contribution in [2.45, 2.75) is 26.7 Å². The molecule has 1 aromatic carbocycles. The van der Waals surface area contributed by atoms with Gasteiger partial charge in [-0.25, -0.2) is 5.48 Å². The number of hydroxylamine groups is 1. The molecule has 0 unspecified atom stereocenters. The lowest BCUT2D eigenvalue weighted by Gasteiger charge is -2.17. The van der Waals surface area contributed by atoms with Gasteiger partial charge in [0.25, 0.3) is 11.5 Å². The van der Waals surface area contributed by atoms with Crippen LogP contribution in [0, 0.1) is 19.8 Å². The first-order valence-electron chi connectivity index (χ1n) is 8.52. The van der Waals surface area contributed by atoms with Gasteiger partial charge in [-0.2, -0.15) is 0 Å². The molecule has 1 amide bonds. The molecule has 7 heteroatoms. The fourth-order valence-corrected chi connectivity index (χ4v) is 3.17. The Balaban J connectivity index is 1.92. The number of halogens is 1. The molecule has 1 fully saturated rings. The molecule has 26 heavy (non-hydrogen) atoms. The summed E-state index contributed by atoms with van der Waals surface area (Å²) in [7, 11) is 1.63. The molecule has 0 spiro atoms. The van der Waals surface area contributed by atoms with Crippen molar-refractivity contribution in [1.82, 2.24) is 10.0 Å². The lowest BCUT2D eigenvalue weighted by molar-refractivity contribution is 0.0270. The van der Waals surface area contributed by atoms with Crippen molar-refractivity contribution >= 4 is 33.2 Å². The number of nitrogens with zero attached hydrogens (tertiary/aromatic N) is 1. The van der Waals surface area contributed by atoms with Crippen molar-refractivity contribution in [3.63, 3.8) is 0 Å². The van der Waals surface area contributed by atoms with Gasteiger partial charge < -0.3 is 9.88 Å². The Morgan fingerprint density at radius 2 is 2.08 bits per heavy atom. The molecule has 1 heterocycles. The lowest BCUT2D eigenvalue weighted by Crippen LogP contribution is -2.29. The smallest absolute Gasteiger partial charge is 0.278 e. The second-order valence-electron chi connectivity index (χ2n) is 6.73. The van der Waals surface area contributed by atoms with Crippen LogP contribution in [0.2, 0.25) is 0 Å². The standard InChI is InChI=1S/C19H22BrN3O3/c1-11-8-14(20)6-7-16(11)21-17-12(2)19(25)23(3)9-15(17)18(24)22-26-10-13-4-5-13/h6-9,13,21H,4-5,10H2,1-3H3,(H,22,24). The number of pyridine rings is 1. The van der Waals surface area contributed by atoms with Crippen LogP contribution >= 0.6 is 15.9 Å². The van der Waals surface area contributed by atoms with Crippen LogP contribution in [0.4, 0.5) is 11.4 Å². The average molecular weight is 420 g/mol. The van der Waals surface area contributed by atoms with Gasteiger partial charge in [0, 0.05) is 29.0 Å². The molecular weight excluding hydrogens is 398 g/mol. The van der Waals surface area contributed by atoms with Gasteiger partial charge >= 0.3 is 0 Å². The van der Waals surface area contributed by atoms with E-state index in [1.165, 1.54) is 10.8 Å². The van der Waals surface area contributed by atoms with Gasteiger partial charge in [-0.05, 0) is 56.4 Å². The minimum Gasteiger partial charge on any atom is -0.354 e. The van der Waals surface area contributed by atoms with Crippen LogP contribution in [0.1, 0.15) is 34.3 Å². The summed E-state index contributed by atoms with van der Waals surface area (Å²) >= 11 is 3.44.